The van der Waals surface area contributed by atoms with Gasteiger partial charge in [0.05, 0.1) is 26.3 Å². The Bertz CT molecular complexity index is 1470. The van der Waals surface area contributed by atoms with Gasteiger partial charge in [0.1, 0.15) is 5.82 Å². The molecule has 40 heavy (non-hydrogen) atoms. The SMILES string of the molecule is CC.COC(=O)c1ccc2c(N(Cc3ccc(-c4cnc(OC)c(C)c4)cc3)C(=O)CC(C)(C)C)nccc2c1. The average molecular weight is 542 g/mol. The minimum absolute atomic E-state index is 0.0198. The van der Waals surface area contributed by atoms with Crippen LogP contribution in [0.25, 0.3) is 21.9 Å². The molecule has 0 atom stereocenters. The van der Waals surface area contributed by atoms with E-state index in [0.717, 1.165) is 33.0 Å². The zero-order valence-electron chi connectivity index (χ0n) is 24.7. The van der Waals surface area contributed by atoms with Gasteiger partial charge in [-0.05, 0) is 59.2 Å². The number of aryl methyl sites for hydroxylation is 1. The van der Waals surface area contributed by atoms with Crippen LogP contribution in [0.3, 0.4) is 0 Å². The summed E-state index contributed by atoms with van der Waals surface area (Å²) in [6.45, 7) is 12.5. The number of carbonyl (C=O) groups excluding carboxylic acids is 2. The van der Waals surface area contributed by atoms with Gasteiger partial charge in [0.2, 0.25) is 11.8 Å². The van der Waals surface area contributed by atoms with E-state index >= 15 is 0 Å². The molecule has 2 aromatic heterocycles. The van der Waals surface area contributed by atoms with Gasteiger partial charge < -0.3 is 9.47 Å². The molecule has 1 amide bonds. The van der Waals surface area contributed by atoms with Crippen LogP contribution in [0.15, 0.2) is 67.0 Å². The first-order valence-corrected chi connectivity index (χ1v) is 13.5. The number of rotatable bonds is 7. The fourth-order valence-corrected chi connectivity index (χ4v) is 4.37. The highest BCUT2D eigenvalue weighted by atomic mass is 16.5. The monoisotopic (exact) mass is 541 g/mol. The first kappa shape index (κ1) is 30.3. The minimum atomic E-state index is -0.409. The number of ether oxygens (including phenoxy) is 2. The molecule has 2 aromatic carbocycles. The Hall–Kier alpha value is -4.26. The van der Waals surface area contributed by atoms with E-state index in [0.29, 0.717) is 30.2 Å². The Kier molecular flexibility index (Phi) is 9.99. The second-order valence-electron chi connectivity index (χ2n) is 10.5. The number of carbonyl (C=O) groups is 2. The lowest BCUT2D eigenvalue weighted by Gasteiger charge is -2.27. The van der Waals surface area contributed by atoms with Crippen molar-refractivity contribution in [2.75, 3.05) is 19.1 Å². The van der Waals surface area contributed by atoms with Gasteiger partial charge in [-0.3, -0.25) is 9.69 Å². The Morgan fingerprint density at radius 3 is 2.20 bits per heavy atom. The Balaban J connectivity index is 0.00000216. The number of benzene rings is 2. The van der Waals surface area contributed by atoms with E-state index in [2.05, 4.69) is 9.97 Å². The van der Waals surface area contributed by atoms with Gasteiger partial charge in [0, 0.05) is 35.3 Å². The van der Waals surface area contributed by atoms with Crippen molar-refractivity contribution in [1.29, 1.82) is 0 Å². The Morgan fingerprint density at radius 1 is 0.900 bits per heavy atom. The van der Waals surface area contributed by atoms with Gasteiger partial charge in [0.15, 0.2) is 0 Å². The van der Waals surface area contributed by atoms with Gasteiger partial charge in [-0.15, -0.1) is 0 Å². The summed E-state index contributed by atoms with van der Waals surface area (Å²) in [5.41, 5.74) is 4.21. The predicted octanol–water partition coefficient (Wildman–Crippen LogP) is 7.40. The molecule has 0 fully saturated rings. The number of esters is 1. The maximum absolute atomic E-state index is 13.6. The highest BCUT2D eigenvalue weighted by Crippen LogP contribution is 2.30. The molecular weight excluding hydrogens is 502 g/mol. The summed E-state index contributed by atoms with van der Waals surface area (Å²) in [6.07, 6.45) is 3.82. The van der Waals surface area contributed by atoms with E-state index in [1.54, 1.807) is 36.5 Å². The van der Waals surface area contributed by atoms with E-state index in [1.165, 1.54) is 7.11 Å². The average Bonchev–Trinajstić information content (AvgIpc) is 2.95. The number of nitrogens with zero attached hydrogens (tertiary/aromatic N) is 3. The van der Waals surface area contributed by atoms with Crippen LogP contribution in [0.2, 0.25) is 0 Å². The predicted molar refractivity (Wildman–Crippen MR) is 161 cm³/mol. The molecule has 0 bridgehead atoms. The Morgan fingerprint density at radius 2 is 1.60 bits per heavy atom. The fourth-order valence-electron chi connectivity index (χ4n) is 4.37. The molecule has 2 heterocycles. The topological polar surface area (TPSA) is 81.6 Å². The van der Waals surface area contributed by atoms with Crippen LogP contribution >= 0.6 is 0 Å². The van der Waals surface area contributed by atoms with Gasteiger partial charge >= 0.3 is 5.97 Å². The quantitative estimate of drug-likeness (QED) is 0.227. The van der Waals surface area contributed by atoms with E-state index in [4.69, 9.17) is 9.47 Å². The van der Waals surface area contributed by atoms with E-state index < -0.39 is 5.97 Å². The number of amides is 1. The minimum Gasteiger partial charge on any atom is -0.481 e. The molecule has 0 N–H and O–H groups in total. The van der Waals surface area contributed by atoms with Gasteiger partial charge in [-0.1, -0.05) is 58.9 Å². The highest BCUT2D eigenvalue weighted by Gasteiger charge is 2.25. The maximum atomic E-state index is 13.6. The summed E-state index contributed by atoms with van der Waals surface area (Å²) in [7, 11) is 2.97. The number of hydrogen-bond acceptors (Lipinski definition) is 6. The molecule has 0 aliphatic carbocycles. The molecule has 0 unspecified atom stereocenters. The first-order valence-electron chi connectivity index (χ1n) is 13.5. The zero-order valence-corrected chi connectivity index (χ0v) is 24.7. The summed E-state index contributed by atoms with van der Waals surface area (Å²) < 4.78 is 10.1. The highest BCUT2D eigenvalue weighted by molar-refractivity contribution is 6.04. The van der Waals surface area contributed by atoms with Crippen LogP contribution < -0.4 is 9.64 Å². The zero-order chi connectivity index (χ0) is 29.4. The van der Waals surface area contributed by atoms with Gasteiger partial charge in [-0.2, -0.15) is 0 Å². The first-order chi connectivity index (χ1) is 19.1. The molecule has 0 saturated carbocycles. The fraction of sp³-hybridized carbons (Fsp3) is 0.333. The van der Waals surface area contributed by atoms with Crippen molar-refractivity contribution in [2.45, 2.75) is 54.5 Å². The van der Waals surface area contributed by atoms with Crippen molar-refractivity contribution < 1.29 is 19.1 Å². The van der Waals surface area contributed by atoms with Gasteiger partial charge in [0.25, 0.3) is 0 Å². The molecule has 0 spiro atoms. The maximum Gasteiger partial charge on any atom is 0.337 e. The number of aromatic nitrogens is 2. The van der Waals surface area contributed by atoms with Crippen molar-refractivity contribution in [3.8, 4) is 17.0 Å². The summed E-state index contributed by atoms with van der Waals surface area (Å²) in [6, 6.07) is 17.3. The summed E-state index contributed by atoms with van der Waals surface area (Å²) >= 11 is 0. The van der Waals surface area contributed by atoms with Crippen LogP contribution in [0.1, 0.15) is 62.5 Å². The molecule has 7 heteroatoms. The number of hydrogen-bond donors (Lipinski definition) is 0. The van der Waals surface area contributed by atoms with Crippen LogP contribution in [-0.4, -0.2) is 36.1 Å². The van der Waals surface area contributed by atoms with Crippen molar-refractivity contribution in [3.63, 3.8) is 0 Å². The third kappa shape index (κ3) is 7.23. The van der Waals surface area contributed by atoms with Crippen LogP contribution in [-0.2, 0) is 16.1 Å². The van der Waals surface area contributed by atoms with E-state index in [-0.39, 0.29) is 11.3 Å². The number of methoxy groups -OCH3 is 2. The van der Waals surface area contributed by atoms with Gasteiger partial charge in [-0.25, -0.2) is 14.8 Å². The summed E-state index contributed by atoms with van der Waals surface area (Å²) in [5.74, 6) is 0.744. The van der Waals surface area contributed by atoms with Crippen molar-refractivity contribution >= 4 is 28.5 Å². The van der Waals surface area contributed by atoms with Crippen LogP contribution in [0.5, 0.6) is 5.88 Å². The lowest BCUT2D eigenvalue weighted by Crippen LogP contribution is -2.34. The largest absolute Gasteiger partial charge is 0.481 e. The van der Waals surface area contributed by atoms with Crippen LogP contribution in [0.4, 0.5) is 5.82 Å². The summed E-state index contributed by atoms with van der Waals surface area (Å²) in [4.78, 5) is 36.4. The van der Waals surface area contributed by atoms with Crippen molar-refractivity contribution in [2.24, 2.45) is 5.41 Å². The molecule has 0 aliphatic heterocycles. The molecule has 0 saturated heterocycles. The number of anilines is 1. The third-order valence-corrected chi connectivity index (χ3v) is 6.25. The van der Waals surface area contributed by atoms with E-state index in [9.17, 15) is 9.59 Å². The number of fused-ring (bicyclic) bond motifs is 1. The summed E-state index contributed by atoms with van der Waals surface area (Å²) in [5, 5.41) is 1.60. The second kappa shape index (κ2) is 13.2. The molecule has 0 radical (unpaired) electrons. The van der Waals surface area contributed by atoms with Crippen molar-refractivity contribution in [3.05, 3.63) is 83.7 Å². The standard InChI is InChI=1S/C31H33N3O4.C2H6/c1-20-15-25(18-33-29(20)37-5)22-9-7-21(8-10-22)19-34(27(35)17-31(2,3)4)28-26-12-11-24(30(36)38-6)16-23(26)13-14-32-28;1-2/h7-16,18H,17,19H2,1-6H3;1-2H3. The lowest BCUT2D eigenvalue weighted by atomic mass is 9.91. The molecule has 0 aliphatic rings. The molecule has 4 rings (SSSR count). The number of pyridine rings is 2. The normalized spacial score (nSPS) is 10.9. The Labute approximate surface area is 237 Å². The second-order valence-corrected chi connectivity index (χ2v) is 10.5. The smallest absolute Gasteiger partial charge is 0.337 e. The third-order valence-electron chi connectivity index (χ3n) is 6.25. The molecule has 7 nitrogen and oxygen atoms in total. The van der Waals surface area contributed by atoms with Crippen LogP contribution in [0, 0.1) is 12.3 Å². The van der Waals surface area contributed by atoms with Crippen molar-refractivity contribution in [1.82, 2.24) is 9.97 Å². The molecule has 210 valence electrons. The molecule has 4 aromatic rings. The molecular formula is C33H39N3O4. The lowest BCUT2D eigenvalue weighted by molar-refractivity contribution is -0.120. The van der Waals surface area contributed by atoms with E-state index in [1.807, 2.05) is 84.0 Å².